The van der Waals surface area contributed by atoms with Crippen LogP contribution < -0.4 is 5.32 Å². The van der Waals surface area contributed by atoms with Crippen LogP contribution in [0.5, 0.6) is 0 Å². The van der Waals surface area contributed by atoms with Gasteiger partial charge in [-0.05, 0) is 18.0 Å². The molecular formula is C10H19NO. The summed E-state index contributed by atoms with van der Waals surface area (Å²) in [5.41, 5.74) is 0. The van der Waals surface area contributed by atoms with Crippen LogP contribution >= 0.6 is 0 Å². The van der Waals surface area contributed by atoms with E-state index in [4.69, 9.17) is 0 Å². The molecule has 0 heterocycles. The molecule has 0 fully saturated rings. The van der Waals surface area contributed by atoms with Crippen molar-refractivity contribution < 1.29 is 4.79 Å². The summed E-state index contributed by atoms with van der Waals surface area (Å²) >= 11 is 0. The van der Waals surface area contributed by atoms with E-state index in [-0.39, 0.29) is 5.91 Å². The number of rotatable bonds is 4. The van der Waals surface area contributed by atoms with Crippen LogP contribution in [0.4, 0.5) is 0 Å². The van der Waals surface area contributed by atoms with Gasteiger partial charge in [0.25, 0.3) is 0 Å². The summed E-state index contributed by atoms with van der Waals surface area (Å²) < 4.78 is 0. The highest BCUT2D eigenvalue weighted by Crippen LogP contribution is 1.98. The van der Waals surface area contributed by atoms with Crippen molar-refractivity contribution in [1.29, 1.82) is 0 Å². The maximum atomic E-state index is 11.1. The van der Waals surface area contributed by atoms with Gasteiger partial charge in [0.15, 0.2) is 0 Å². The molecule has 0 aromatic carbocycles. The number of hydrogen-bond donors (Lipinski definition) is 1. The molecule has 0 radical (unpaired) electrons. The lowest BCUT2D eigenvalue weighted by Gasteiger charge is -2.02. The van der Waals surface area contributed by atoms with E-state index in [1.165, 1.54) is 0 Å². The molecule has 0 bridgehead atoms. The number of allylic oxidation sites excluding steroid dienone is 1. The smallest absolute Gasteiger partial charge is 0.224 e. The average molecular weight is 169 g/mol. The number of carbonyl (C=O) groups excluding carboxylic acids is 1. The lowest BCUT2D eigenvalue weighted by atomic mass is 10.1. The van der Waals surface area contributed by atoms with Gasteiger partial charge in [-0.3, -0.25) is 4.79 Å². The van der Waals surface area contributed by atoms with E-state index < -0.39 is 0 Å². The zero-order valence-corrected chi connectivity index (χ0v) is 8.42. The van der Waals surface area contributed by atoms with Crippen molar-refractivity contribution in [2.45, 2.75) is 34.1 Å². The van der Waals surface area contributed by atoms with Gasteiger partial charge in [0, 0.05) is 6.42 Å². The third-order valence-electron chi connectivity index (χ3n) is 1.32. The monoisotopic (exact) mass is 169 g/mol. The third-order valence-corrected chi connectivity index (χ3v) is 1.32. The first kappa shape index (κ1) is 11.2. The molecule has 0 spiro atoms. The molecule has 2 nitrogen and oxygen atoms in total. The van der Waals surface area contributed by atoms with E-state index in [1.54, 1.807) is 6.20 Å². The van der Waals surface area contributed by atoms with Crippen molar-refractivity contribution in [1.82, 2.24) is 5.32 Å². The van der Waals surface area contributed by atoms with Gasteiger partial charge in [0.1, 0.15) is 0 Å². The van der Waals surface area contributed by atoms with Crippen LogP contribution in [0.1, 0.15) is 34.1 Å². The lowest BCUT2D eigenvalue weighted by Crippen LogP contribution is -2.18. The molecule has 0 aliphatic heterocycles. The Kier molecular flexibility index (Phi) is 5.43. The summed E-state index contributed by atoms with van der Waals surface area (Å²) in [5, 5.41) is 2.73. The number of amides is 1. The summed E-state index contributed by atoms with van der Waals surface area (Å²) in [6.45, 7) is 8.22. The molecule has 0 atom stereocenters. The molecule has 70 valence electrons. The van der Waals surface area contributed by atoms with Crippen molar-refractivity contribution in [3.63, 3.8) is 0 Å². The summed E-state index contributed by atoms with van der Waals surface area (Å²) in [6.07, 6.45) is 4.30. The first-order valence-electron chi connectivity index (χ1n) is 4.48. The van der Waals surface area contributed by atoms with Crippen molar-refractivity contribution in [3.8, 4) is 0 Å². The first-order valence-corrected chi connectivity index (χ1v) is 4.48. The maximum absolute atomic E-state index is 11.1. The first-order chi connectivity index (χ1) is 5.52. The molecule has 1 N–H and O–H groups in total. The highest BCUT2D eigenvalue weighted by molar-refractivity contribution is 5.77. The summed E-state index contributed by atoms with van der Waals surface area (Å²) in [7, 11) is 0. The van der Waals surface area contributed by atoms with Gasteiger partial charge in [-0.15, -0.1) is 0 Å². The summed E-state index contributed by atoms with van der Waals surface area (Å²) in [4.78, 5) is 11.1. The highest BCUT2D eigenvalue weighted by atomic mass is 16.1. The van der Waals surface area contributed by atoms with Gasteiger partial charge >= 0.3 is 0 Å². The van der Waals surface area contributed by atoms with Gasteiger partial charge in [0.2, 0.25) is 5.91 Å². The number of hydrogen-bond acceptors (Lipinski definition) is 1. The molecule has 0 unspecified atom stereocenters. The van der Waals surface area contributed by atoms with E-state index in [1.807, 2.05) is 19.9 Å². The molecule has 2 heteroatoms. The average Bonchev–Trinajstić information content (AvgIpc) is 1.84. The summed E-state index contributed by atoms with van der Waals surface area (Å²) in [6, 6.07) is 0. The van der Waals surface area contributed by atoms with E-state index >= 15 is 0 Å². The third kappa shape index (κ3) is 7.32. The van der Waals surface area contributed by atoms with Gasteiger partial charge in [-0.2, -0.15) is 0 Å². The van der Waals surface area contributed by atoms with Gasteiger partial charge in [-0.1, -0.05) is 33.8 Å². The quantitative estimate of drug-likeness (QED) is 0.687. The minimum atomic E-state index is 0.0990. The highest BCUT2D eigenvalue weighted by Gasteiger charge is 2.01. The molecule has 1 amide bonds. The normalized spacial score (nSPS) is 11.5. The molecule has 0 aromatic heterocycles. The van der Waals surface area contributed by atoms with Crippen molar-refractivity contribution >= 4 is 5.91 Å². The predicted molar refractivity (Wildman–Crippen MR) is 51.6 cm³/mol. The molecule has 12 heavy (non-hydrogen) atoms. The van der Waals surface area contributed by atoms with Crippen LogP contribution in [0.2, 0.25) is 0 Å². The van der Waals surface area contributed by atoms with Crippen molar-refractivity contribution in [3.05, 3.63) is 12.3 Å². The Morgan fingerprint density at radius 2 is 1.92 bits per heavy atom. The fraction of sp³-hybridized carbons (Fsp3) is 0.700. The second kappa shape index (κ2) is 5.81. The second-order valence-electron chi connectivity index (χ2n) is 3.77. The van der Waals surface area contributed by atoms with Crippen LogP contribution in [-0.2, 0) is 4.79 Å². The van der Waals surface area contributed by atoms with Gasteiger partial charge in [-0.25, -0.2) is 0 Å². The Bertz CT molecular complexity index is 159. The molecule has 0 rings (SSSR count). The fourth-order valence-corrected chi connectivity index (χ4v) is 0.763. The minimum Gasteiger partial charge on any atom is -0.333 e. The molecule has 0 aromatic rings. The van der Waals surface area contributed by atoms with Crippen molar-refractivity contribution in [2.24, 2.45) is 11.8 Å². The van der Waals surface area contributed by atoms with E-state index in [2.05, 4.69) is 19.2 Å². The Balaban J connectivity index is 3.57. The maximum Gasteiger partial charge on any atom is 0.224 e. The van der Waals surface area contributed by atoms with Gasteiger partial charge in [0.05, 0.1) is 0 Å². The minimum absolute atomic E-state index is 0.0990. The molecular weight excluding hydrogens is 150 g/mol. The van der Waals surface area contributed by atoms with Crippen LogP contribution in [0, 0.1) is 11.8 Å². The van der Waals surface area contributed by atoms with E-state index in [0.29, 0.717) is 18.3 Å². The van der Waals surface area contributed by atoms with Crippen LogP contribution in [-0.4, -0.2) is 5.91 Å². The Hall–Kier alpha value is -0.790. The largest absolute Gasteiger partial charge is 0.333 e. The second-order valence-corrected chi connectivity index (χ2v) is 3.77. The fourth-order valence-electron chi connectivity index (χ4n) is 0.763. The predicted octanol–water partition coefficient (Wildman–Crippen LogP) is 2.32. The van der Waals surface area contributed by atoms with Crippen molar-refractivity contribution in [2.75, 3.05) is 0 Å². The zero-order valence-electron chi connectivity index (χ0n) is 8.42. The van der Waals surface area contributed by atoms with Gasteiger partial charge < -0.3 is 5.32 Å². The van der Waals surface area contributed by atoms with E-state index in [0.717, 1.165) is 0 Å². The number of carbonyl (C=O) groups is 1. The lowest BCUT2D eigenvalue weighted by molar-refractivity contribution is -0.120. The van der Waals surface area contributed by atoms with Crippen LogP contribution in [0.3, 0.4) is 0 Å². The van der Waals surface area contributed by atoms with E-state index in [9.17, 15) is 4.79 Å². The zero-order chi connectivity index (χ0) is 9.56. The Morgan fingerprint density at radius 3 is 2.33 bits per heavy atom. The number of nitrogens with one attached hydrogen (secondary N) is 1. The topological polar surface area (TPSA) is 29.1 Å². The molecule has 0 aliphatic carbocycles. The standard InChI is InChI=1S/C10H19NO/c1-8(2)5-6-11-10(12)7-9(3)4/h5-6,8-9H,7H2,1-4H3,(H,11,12)/b6-5+. The summed E-state index contributed by atoms with van der Waals surface area (Å²) in [5.74, 6) is 1.02. The Labute approximate surface area is 75.0 Å². The SMILES string of the molecule is CC(C)/C=C/NC(=O)CC(C)C. The van der Waals surface area contributed by atoms with Crippen LogP contribution in [0.25, 0.3) is 0 Å². The molecule has 0 aliphatic rings. The Morgan fingerprint density at radius 1 is 1.33 bits per heavy atom. The molecule has 0 saturated heterocycles. The van der Waals surface area contributed by atoms with Crippen LogP contribution in [0.15, 0.2) is 12.3 Å². The molecule has 0 saturated carbocycles.